The molecule has 1 aromatic carbocycles. The molecule has 7 nitrogen and oxygen atoms in total. The maximum absolute atomic E-state index is 13.5. The van der Waals surface area contributed by atoms with Crippen LogP contribution in [0.15, 0.2) is 47.1 Å². The number of carbonyl (C=O) groups is 1. The minimum atomic E-state index is -4.83. The minimum absolute atomic E-state index is 0.0637. The lowest BCUT2D eigenvalue weighted by Crippen LogP contribution is -2.16. The lowest BCUT2D eigenvalue weighted by molar-refractivity contribution is -0.142. The number of carbonyl (C=O) groups excluding carboxylic acids is 1. The molecular weight excluding hydrogens is 401 g/mol. The molecule has 0 saturated heterocycles. The Hall–Kier alpha value is -3.83. The van der Waals surface area contributed by atoms with E-state index in [9.17, 15) is 26.7 Å². The number of nitrogens with zero attached hydrogens (tertiary/aromatic N) is 4. The van der Waals surface area contributed by atoms with Gasteiger partial charge in [-0.25, -0.2) is 13.8 Å². The molecule has 0 aliphatic heterocycles. The molecule has 0 aliphatic rings. The topological polar surface area (TPSA) is 85.3 Å². The molecule has 0 radical (unpaired) electrons. The average Bonchev–Trinajstić information content (AvgIpc) is 3.32. The van der Waals surface area contributed by atoms with Crippen molar-refractivity contribution in [1.29, 1.82) is 0 Å². The Bertz CT molecular complexity index is 1220. The molecule has 1 amide bonds. The van der Waals surface area contributed by atoms with E-state index in [0.717, 1.165) is 12.1 Å². The third-order valence-corrected chi connectivity index (χ3v) is 3.76. The fourth-order valence-electron chi connectivity index (χ4n) is 2.48. The fraction of sp³-hybridized carbons (Fsp3) is 0.0588. The molecule has 3 heterocycles. The maximum atomic E-state index is 13.5. The van der Waals surface area contributed by atoms with E-state index >= 15 is 0 Å². The second-order valence-corrected chi connectivity index (χ2v) is 5.73. The molecule has 12 heteroatoms. The predicted octanol–water partition coefficient (Wildman–Crippen LogP) is 3.93. The summed E-state index contributed by atoms with van der Waals surface area (Å²) >= 11 is 0. The Labute approximate surface area is 157 Å². The highest BCUT2D eigenvalue weighted by Crippen LogP contribution is 2.32. The van der Waals surface area contributed by atoms with Crippen molar-refractivity contribution in [3.8, 4) is 11.5 Å². The molecule has 3 aromatic heterocycles. The van der Waals surface area contributed by atoms with Gasteiger partial charge in [0.25, 0.3) is 11.7 Å². The van der Waals surface area contributed by atoms with Gasteiger partial charge >= 0.3 is 6.18 Å². The van der Waals surface area contributed by atoms with E-state index in [1.165, 1.54) is 18.4 Å². The van der Waals surface area contributed by atoms with Crippen molar-refractivity contribution in [1.82, 2.24) is 19.6 Å². The zero-order valence-corrected chi connectivity index (χ0v) is 14.0. The number of fused-ring (bicyclic) bond motifs is 1. The van der Waals surface area contributed by atoms with Crippen LogP contribution in [0.4, 0.5) is 27.6 Å². The largest absolute Gasteiger partial charge is 0.463 e. The van der Waals surface area contributed by atoms with Crippen LogP contribution in [0.3, 0.4) is 0 Å². The number of amides is 1. The average molecular weight is 409 g/mol. The molecule has 29 heavy (non-hydrogen) atoms. The van der Waals surface area contributed by atoms with Gasteiger partial charge in [-0.1, -0.05) is 0 Å². The summed E-state index contributed by atoms with van der Waals surface area (Å²) in [5.74, 6) is -4.46. The van der Waals surface area contributed by atoms with Crippen LogP contribution in [-0.2, 0) is 6.18 Å². The van der Waals surface area contributed by atoms with E-state index in [1.807, 2.05) is 0 Å². The van der Waals surface area contributed by atoms with E-state index in [1.54, 1.807) is 0 Å². The van der Waals surface area contributed by atoms with Gasteiger partial charge in [-0.2, -0.15) is 22.7 Å². The van der Waals surface area contributed by atoms with Crippen molar-refractivity contribution < 1.29 is 31.2 Å². The van der Waals surface area contributed by atoms with Gasteiger partial charge in [-0.15, -0.1) is 5.10 Å². The standard InChI is InChI=1S/C17H8F5N5O2/c18-9-4-3-8(6-10(9)19)23-15(28)14-25-16-24-11(12-2-1-5-29-12)7-13(17(20,21)22)27(16)26-14/h1-7H,(H,23,28). The third kappa shape index (κ3) is 3.51. The number of benzene rings is 1. The number of furan rings is 1. The van der Waals surface area contributed by atoms with Gasteiger partial charge in [-0.05, 0) is 30.3 Å². The minimum Gasteiger partial charge on any atom is -0.463 e. The molecule has 1 N–H and O–H groups in total. The molecular formula is C17H8F5N5O2. The first-order chi connectivity index (χ1) is 13.7. The fourth-order valence-corrected chi connectivity index (χ4v) is 2.48. The Morgan fingerprint density at radius 1 is 1.07 bits per heavy atom. The molecule has 0 unspecified atom stereocenters. The van der Waals surface area contributed by atoms with E-state index in [4.69, 9.17) is 4.42 Å². The van der Waals surface area contributed by atoms with Gasteiger partial charge in [0, 0.05) is 11.8 Å². The lowest BCUT2D eigenvalue weighted by atomic mass is 10.2. The Morgan fingerprint density at radius 2 is 1.86 bits per heavy atom. The summed E-state index contributed by atoms with van der Waals surface area (Å²) in [6, 6.07) is 6.14. The van der Waals surface area contributed by atoms with E-state index in [2.05, 4.69) is 20.4 Å². The number of hydrogen-bond acceptors (Lipinski definition) is 5. The first kappa shape index (κ1) is 18.5. The molecule has 0 saturated carbocycles. The Kier molecular flexibility index (Phi) is 4.25. The quantitative estimate of drug-likeness (QED) is 0.518. The number of anilines is 1. The molecule has 148 valence electrons. The van der Waals surface area contributed by atoms with E-state index in [-0.39, 0.29) is 17.1 Å². The van der Waals surface area contributed by atoms with Crippen LogP contribution in [0.2, 0.25) is 0 Å². The van der Waals surface area contributed by atoms with Crippen molar-refractivity contribution >= 4 is 17.4 Å². The second-order valence-electron chi connectivity index (χ2n) is 5.73. The van der Waals surface area contributed by atoms with Crippen LogP contribution >= 0.6 is 0 Å². The molecule has 4 rings (SSSR count). The summed E-state index contributed by atoms with van der Waals surface area (Å²) in [6.07, 6.45) is -3.57. The zero-order valence-electron chi connectivity index (χ0n) is 14.0. The van der Waals surface area contributed by atoms with Crippen molar-refractivity contribution in [3.63, 3.8) is 0 Å². The zero-order chi connectivity index (χ0) is 20.8. The van der Waals surface area contributed by atoms with Crippen LogP contribution in [0.1, 0.15) is 16.3 Å². The summed E-state index contributed by atoms with van der Waals surface area (Å²) in [4.78, 5) is 19.9. The summed E-state index contributed by atoms with van der Waals surface area (Å²) in [5.41, 5.74) is -1.52. The predicted molar refractivity (Wildman–Crippen MR) is 87.8 cm³/mol. The van der Waals surface area contributed by atoms with Crippen LogP contribution in [-0.4, -0.2) is 25.5 Å². The van der Waals surface area contributed by atoms with Gasteiger partial charge in [0.1, 0.15) is 5.69 Å². The highest BCUT2D eigenvalue weighted by molar-refractivity contribution is 6.01. The van der Waals surface area contributed by atoms with Gasteiger partial charge < -0.3 is 9.73 Å². The smallest absolute Gasteiger partial charge is 0.433 e. The Balaban J connectivity index is 1.76. The van der Waals surface area contributed by atoms with Crippen molar-refractivity contribution in [2.45, 2.75) is 6.18 Å². The molecule has 0 atom stereocenters. The molecule has 0 fully saturated rings. The number of halogens is 5. The maximum Gasteiger partial charge on any atom is 0.433 e. The first-order valence-corrected chi connectivity index (χ1v) is 7.87. The van der Waals surface area contributed by atoms with Crippen LogP contribution in [0, 0.1) is 11.6 Å². The molecule has 0 bridgehead atoms. The van der Waals surface area contributed by atoms with E-state index < -0.39 is 41.0 Å². The number of rotatable bonds is 3. The van der Waals surface area contributed by atoms with Gasteiger partial charge in [-0.3, -0.25) is 4.79 Å². The van der Waals surface area contributed by atoms with Crippen molar-refractivity contribution in [2.24, 2.45) is 0 Å². The van der Waals surface area contributed by atoms with E-state index in [0.29, 0.717) is 16.6 Å². The number of alkyl halides is 3. The van der Waals surface area contributed by atoms with Crippen LogP contribution < -0.4 is 5.32 Å². The highest BCUT2D eigenvalue weighted by Gasteiger charge is 2.36. The number of hydrogen-bond donors (Lipinski definition) is 1. The van der Waals surface area contributed by atoms with Gasteiger partial charge in [0.05, 0.1) is 6.26 Å². The summed E-state index contributed by atoms with van der Waals surface area (Å²) < 4.78 is 72.0. The second kappa shape index (κ2) is 6.65. The molecule has 0 aliphatic carbocycles. The Morgan fingerprint density at radius 3 is 2.52 bits per heavy atom. The number of nitrogens with one attached hydrogen (secondary N) is 1. The molecule has 0 spiro atoms. The lowest BCUT2D eigenvalue weighted by Gasteiger charge is -2.09. The van der Waals surface area contributed by atoms with Crippen molar-refractivity contribution in [2.75, 3.05) is 5.32 Å². The van der Waals surface area contributed by atoms with Gasteiger partial charge in [0.2, 0.25) is 5.82 Å². The highest BCUT2D eigenvalue weighted by atomic mass is 19.4. The summed E-state index contributed by atoms with van der Waals surface area (Å²) in [5, 5.41) is 5.73. The molecule has 4 aromatic rings. The third-order valence-electron chi connectivity index (χ3n) is 3.76. The SMILES string of the molecule is O=C(Nc1ccc(F)c(F)c1)c1nc2nc(-c3ccco3)cc(C(F)(F)F)n2n1. The van der Waals surface area contributed by atoms with Gasteiger partial charge in [0.15, 0.2) is 23.1 Å². The van der Waals surface area contributed by atoms with Crippen LogP contribution in [0.5, 0.6) is 0 Å². The summed E-state index contributed by atoms with van der Waals surface area (Å²) in [6.45, 7) is 0. The number of aromatic nitrogens is 4. The first-order valence-electron chi connectivity index (χ1n) is 7.87. The van der Waals surface area contributed by atoms with Crippen molar-refractivity contribution in [3.05, 3.63) is 65.8 Å². The normalized spacial score (nSPS) is 11.8. The monoisotopic (exact) mass is 409 g/mol. The summed E-state index contributed by atoms with van der Waals surface area (Å²) in [7, 11) is 0. The van der Waals surface area contributed by atoms with Crippen LogP contribution in [0.25, 0.3) is 17.2 Å².